The van der Waals surface area contributed by atoms with E-state index in [0.717, 1.165) is 25.9 Å². The molecular formula is C13H17ClN2O2S. The highest BCUT2D eigenvalue weighted by Crippen LogP contribution is 2.20. The maximum atomic E-state index is 12.1. The van der Waals surface area contributed by atoms with E-state index >= 15 is 0 Å². The van der Waals surface area contributed by atoms with Crippen LogP contribution >= 0.6 is 11.6 Å². The molecule has 4 nitrogen and oxygen atoms in total. The summed E-state index contributed by atoms with van der Waals surface area (Å²) >= 11 is 5.90. The van der Waals surface area contributed by atoms with Gasteiger partial charge in [-0.2, -0.15) is 0 Å². The van der Waals surface area contributed by atoms with Crippen molar-refractivity contribution in [3.05, 3.63) is 40.9 Å². The molecule has 19 heavy (non-hydrogen) atoms. The zero-order valence-electron chi connectivity index (χ0n) is 10.5. The SMILES string of the molecule is O=S(=O)(NCCC1=CCNCC1)c1ccccc1Cl. The molecule has 1 aliphatic rings. The molecule has 0 aromatic heterocycles. The first kappa shape index (κ1) is 14.5. The summed E-state index contributed by atoms with van der Waals surface area (Å²) < 4.78 is 26.7. The Morgan fingerprint density at radius 2 is 2.11 bits per heavy atom. The van der Waals surface area contributed by atoms with E-state index in [1.54, 1.807) is 18.2 Å². The maximum Gasteiger partial charge on any atom is 0.242 e. The summed E-state index contributed by atoms with van der Waals surface area (Å²) in [6.07, 6.45) is 3.84. The lowest BCUT2D eigenvalue weighted by molar-refractivity contribution is 0.580. The van der Waals surface area contributed by atoms with Gasteiger partial charge in [-0.1, -0.05) is 35.4 Å². The van der Waals surface area contributed by atoms with Crippen molar-refractivity contribution in [3.8, 4) is 0 Å². The van der Waals surface area contributed by atoms with E-state index in [1.165, 1.54) is 11.6 Å². The highest BCUT2D eigenvalue weighted by Gasteiger charge is 2.16. The van der Waals surface area contributed by atoms with Crippen LogP contribution in [0.15, 0.2) is 40.8 Å². The molecular weight excluding hydrogens is 284 g/mol. The predicted octanol–water partition coefficient (Wildman–Crippen LogP) is 1.93. The number of sulfonamides is 1. The number of nitrogens with one attached hydrogen (secondary N) is 2. The average molecular weight is 301 g/mol. The maximum absolute atomic E-state index is 12.1. The molecule has 0 unspecified atom stereocenters. The van der Waals surface area contributed by atoms with Crippen molar-refractivity contribution in [2.75, 3.05) is 19.6 Å². The van der Waals surface area contributed by atoms with E-state index in [9.17, 15) is 8.42 Å². The summed E-state index contributed by atoms with van der Waals surface area (Å²) in [4.78, 5) is 0.135. The minimum absolute atomic E-state index is 0.135. The summed E-state index contributed by atoms with van der Waals surface area (Å²) in [5, 5.41) is 3.47. The molecule has 0 amide bonds. The highest BCUT2D eigenvalue weighted by atomic mass is 35.5. The molecule has 1 heterocycles. The zero-order valence-corrected chi connectivity index (χ0v) is 12.1. The number of halogens is 1. The predicted molar refractivity (Wildman–Crippen MR) is 76.8 cm³/mol. The summed E-state index contributed by atoms with van der Waals surface area (Å²) in [6.45, 7) is 2.23. The molecule has 2 N–H and O–H groups in total. The van der Waals surface area contributed by atoms with E-state index in [1.807, 2.05) is 0 Å². The van der Waals surface area contributed by atoms with Gasteiger partial charge in [0.2, 0.25) is 10.0 Å². The van der Waals surface area contributed by atoms with Gasteiger partial charge in [-0.25, -0.2) is 13.1 Å². The molecule has 0 saturated carbocycles. The molecule has 0 saturated heterocycles. The Labute approximate surface area is 118 Å². The fourth-order valence-electron chi connectivity index (χ4n) is 1.98. The lowest BCUT2D eigenvalue weighted by Crippen LogP contribution is -2.27. The first-order valence-electron chi connectivity index (χ1n) is 6.22. The summed E-state index contributed by atoms with van der Waals surface area (Å²) in [6, 6.07) is 6.46. The third-order valence-corrected chi connectivity index (χ3v) is 4.98. The van der Waals surface area contributed by atoms with Crippen LogP contribution in [-0.4, -0.2) is 28.1 Å². The Kier molecular flexibility index (Phi) is 4.99. The van der Waals surface area contributed by atoms with Crippen molar-refractivity contribution < 1.29 is 8.42 Å². The fraction of sp³-hybridized carbons (Fsp3) is 0.385. The molecule has 0 aliphatic carbocycles. The van der Waals surface area contributed by atoms with Crippen molar-refractivity contribution in [1.82, 2.24) is 10.0 Å². The van der Waals surface area contributed by atoms with E-state index < -0.39 is 10.0 Å². The van der Waals surface area contributed by atoms with Crippen molar-refractivity contribution in [3.63, 3.8) is 0 Å². The number of hydrogen-bond acceptors (Lipinski definition) is 3. The van der Waals surface area contributed by atoms with Crippen molar-refractivity contribution in [1.29, 1.82) is 0 Å². The Hall–Kier alpha value is -0.880. The minimum Gasteiger partial charge on any atom is -0.313 e. The molecule has 0 radical (unpaired) electrons. The monoisotopic (exact) mass is 300 g/mol. The van der Waals surface area contributed by atoms with Crippen LogP contribution < -0.4 is 10.0 Å². The third-order valence-electron chi connectivity index (χ3n) is 3.02. The molecule has 104 valence electrons. The number of benzene rings is 1. The van der Waals surface area contributed by atoms with Crippen LogP contribution in [0, 0.1) is 0 Å². The third kappa shape index (κ3) is 4.04. The Balaban J connectivity index is 1.95. The topological polar surface area (TPSA) is 58.2 Å². The minimum atomic E-state index is -3.52. The van der Waals surface area contributed by atoms with Crippen LogP contribution in [0.1, 0.15) is 12.8 Å². The van der Waals surface area contributed by atoms with Gasteiger partial charge in [0.15, 0.2) is 0 Å². The Morgan fingerprint density at radius 1 is 1.32 bits per heavy atom. The van der Waals surface area contributed by atoms with Gasteiger partial charge in [-0.15, -0.1) is 0 Å². The molecule has 1 aliphatic heterocycles. The first-order valence-corrected chi connectivity index (χ1v) is 8.08. The van der Waals surface area contributed by atoms with Crippen molar-refractivity contribution in [2.45, 2.75) is 17.7 Å². The molecule has 1 aromatic rings. The van der Waals surface area contributed by atoms with Crippen LogP contribution in [0.3, 0.4) is 0 Å². The Morgan fingerprint density at radius 3 is 2.79 bits per heavy atom. The molecule has 2 rings (SSSR count). The molecule has 0 fully saturated rings. The van der Waals surface area contributed by atoms with Gasteiger partial charge in [-0.05, 0) is 31.5 Å². The van der Waals surface area contributed by atoms with Gasteiger partial charge in [0.25, 0.3) is 0 Å². The van der Waals surface area contributed by atoms with Gasteiger partial charge in [0.1, 0.15) is 4.90 Å². The smallest absolute Gasteiger partial charge is 0.242 e. The summed E-state index contributed by atoms with van der Waals surface area (Å²) in [5.74, 6) is 0. The lowest BCUT2D eigenvalue weighted by atomic mass is 10.1. The number of hydrogen-bond donors (Lipinski definition) is 2. The molecule has 0 spiro atoms. The van der Waals surface area contributed by atoms with Crippen LogP contribution in [0.5, 0.6) is 0 Å². The second-order valence-corrected chi connectivity index (χ2v) is 6.54. The van der Waals surface area contributed by atoms with E-state index in [4.69, 9.17) is 11.6 Å². The van der Waals surface area contributed by atoms with Crippen molar-refractivity contribution >= 4 is 21.6 Å². The normalized spacial score (nSPS) is 16.2. The Bertz CT molecular complexity index is 570. The van der Waals surface area contributed by atoms with E-state index in [2.05, 4.69) is 16.1 Å². The molecule has 0 atom stereocenters. The summed E-state index contributed by atoms with van der Waals surface area (Å²) in [7, 11) is -3.52. The molecule has 6 heteroatoms. The van der Waals surface area contributed by atoms with E-state index in [0.29, 0.717) is 6.54 Å². The van der Waals surface area contributed by atoms with Gasteiger partial charge >= 0.3 is 0 Å². The molecule has 0 bridgehead atoms. The largest absolute Gasteiger partial charge is 0.313 e. The first-order chi connectivity index (χ1) is 9.09. The van der Waals surface area contributed by atoms with Crippen LogP contribution in [0.2, 0.25) is 5.02 Å². The van der Waals surface area contributed by atoms with Gasteiger partial charge < -0.3 is 5.32 Å². The van der Waals surface area contributed by atoms with Gasteiger partial charge in [-0.3, -0.25) is 0 Å². The molecule has 1 aromatic carbocycles. The second kappa shape index (κ2) is 6.52. The van der Waals surface area contributed by atoms with Crippen LogP contribution in [0.4, 0.5) is 0 Å². The zero-order chi connectivity index (χ0) is 13.7. The summed E-state index contributed by atoms with van der Waals surface area (Å²) in [5.41, 5.74) is 1.29. The van der Waals surface area contributed by atoms with Crippen LogP contribution in [-0.2, 0) is 10.0 Å². The standard InChI is InChI=1S/C13H17ClN2O2S/c14-12-3-1-2-4-13(12)19(17,18)16-10-7-11-5-8-15-9-6-11/h1-5,15-16H,6-10H2. The fourth-order valence-corrected chi connectivity index (χ4v) is 3.53. The van der Waals surface area contributed by atoms with E-state index in [-0.39, 0.29) is 9.92 Å². The van der Waals surface area contributed by atoms with Gasteiger partial charge in [0, 0.05) is 13.1 Å². The van der Waals surface area contributed by atoms with Gasteiger partial charge in [0.05, 0.1) is 5.02 Å². The number of rotatable bonds is 5. The lowest BCUT2D eigenvalue weighted by Gasteiger charge is -2.14. The average Bonchev–Trinajstić information content (AvgIpc) is 2.40. The quantitative estimate of drug-likeness (QED) is 0.817. The van der Waals surface area contributed by atoms with Crippen LogP contribution in [0.25, 0.3) is 0 Å². The van der Waals surface area contributed by atoms with Crippen molar-refractivity contribution in [2.24, 2.45) is 0 Å². The highest BCUT2D eigenvalue weighted by molar-refractivity contribution is 7.89. The second-order valence-electron chi connectivity index (χ2n) is 4.39.